The van der Waals surface area contributed by atoms with Crippen molar-refractivity contribution in [3.63, 3.8) is 0 Å². The molecule has 1 aromatic heterocycles. The molecule has 1 saturated carbocycles. The first-order valence-electron chi connectivity index (χ1n) is 5.53. The number of hydrogen-bond donors (Lipinski definition) is 1. The van der Waals surface area contributed by atoms with Crippen LogP contribution in [-0.4, -0.2) is 18.1 Å². The minimum atomic E-state index is 0.723. The summed E-state index contributed by atoms with van der Waals surface area (Å²) in [5.41, 5.74) is 1.27. The van der Waals surface area contributed by atoms with Gasteiger partial charge in [-0.25, -0.2) is 0 Å². The van der Waals surface area contributed by atoms with Crippen molar-refractivity contribution in [1.29, 1.82) is 0 Å². The van der Waals surface area contributed by atoms with Gasteiger partial charge in [-0.05, 0) is 44.0 Å². The molecule has 0 aliphatic heterocycles. The van der Waals surface area contributed by atoms with E-state index in [2.05, 4.69) is 29.4 Å². The highest BCUT2D eigenvalue weighted by atomic mass is 14.9. The van der Waals surface area contributed by atoms with Gasteiger partial charge in [0.2, 0.25) is 0 Å². The van der Waals surface area contributed by atoms with Crippen molar-refractivity contribution in [3.8, 4) is 0 Å². The van der Waals surface area contributed by atoms with E-state index in [-0.39, 0.29) is 0 Å². The predicted octanol–water partition coefficient (Wildman–Crippen LogP) is 2.18. The lowest BCUT2D eigenvalue weighted by atomic mass is 10.2. The molecule has 1 N–H and O–H groups in total. The van der Waals surface area contributed by atoms with Crippen molar-refractivity contribution in [1.82, 2.24) is 10.3 Å². The standard InChI is InChI=1S/C12H18N2/c1-2-6-13-9-10-8-11(10)12-5-3-4-7-14-12/h3-5,7,10-11,13H,2,6,8-9H2,1H3. The second kappa shape index (κ2) is 4.56. The highest BCUT2D eigenvalue weighted by Gasteiger charge is 2.38. The maximum Gasteiger partial charge on any atom is 0.0437 e. The highest BCUT2D eigenvalue weighted by Crippen LogP contribution is 2.45. The van der Waals surface area contributed by atoms with E-state index < -0.39 is 0 Å². The molecule has 1 heterocycles. The first-order valence-corrected chi connectivity index (χ1v) is 5.53. The molecule has 2 nitrogen and oxygen atoms in total. The first-order chi connectivity index (χ1) is 6.92. The predicted molar refractivity (Wildman–Crippen MR) is 58.2 cm³/mol. The van der Waals surface area contributed by atoms with Gasteiger partial charge in [-0.3, -0.25) is 4.98 Å². The highest BCUT2D eigenvalue weighted by molar-refractivity contribution is 5.17. The SMILES string of the molecule is CCCNCC1CC1c1ccccn1. The summed E-state index contributed by atoms with van der Waals surface area (Å²) in [4.78, 5) is 4.39. The quantitative estimate of drug-likeness (QED) is 0.720. The Morgan fingerprint density at radius 2 is 2.43 bits per heavy atom. The number of nitrogens with zero attached hydrogens (tertiary/aromatic N) is 1. The van der Waals surface area contributed by atoms with Crippen LogP contribution in [0.1, 0.15) is 31.4 Å². The lowest BCUT2D eigenvalue weighted by Crippen LogP contribution is -2.17. The molecule has 0 aromatic carbocycles. The Balaban J connectivity index is 1.76. The monoisotopic (exact) mass is 190 g/mol. The average Bonchev–Trinajstić information content (AvgIpc) is 2.99. The van der Waals surface area contributed by atoms with E-state index >= 15 is 0 Å². The fourth-order valence-corrected chi connectivity index (χ4v) is 1.89. The van der Waals surface area contributed by atoms with Crippen LogP contribution in [0.5, 0.6) is 0 Å². The summed E-state index contributed by atoms with van der Waals surface area (Å²) in [7, 11) is 0. The molecule has 0 spiro atoms. The van der Waals surface area contributed by atoms with Gasteiger partial charge in [0.1, 0.15) is 0 Å². The zero-order valence-electron chi connectivity index (χ0n) is 8.74. The van der Waals surface area contributed by atoms with Gasteiger partial charge in [-0.2, -0.15) is 0 Å². The van der Waals surface area contributed by atoms with Crippen LogP contribution in [0.3, 0.4) is 0 Å². The van der Waals surface area contributed by atoms with Crippen molar-refractivity contribution < 1.29 is 0 Å². The smallest absolute Gasteiger partial charge is 0.0437 e. The third-order valence-electron chi connectivity index (χ3n) is 2.82. The van der Waals surface area contributed by atoms with E-state index in [0.717, 1.165) is 24.9 Å². The second-order valence-electron chi connectivity index (χ2n) is 4.06. The normalized spacial score (nSPS) is 24.9. The Labute approximate surface area is 85.7 Å². The van der Waals surface area contributed by atoms with Crippen LogP contribution in [-0.2, 0) is 0 Å². The Hall–Kier alpha value is -0.890. The van der Waals surface area contributed by atoms with Crippen molar-refractivity contribution in [3.05, 3.63) is 30.1 Å². The van der Waals surface area contributed by atoms with Gasteiger partial charge in [0.15, 0.2) is 0 Å². The second-order valence-corrected chi connectivity index (χ2v) is 4.06. The molecule has 1 aliphatic carbocycles. The molecule has 2 heteroatoms. The average molecular weight is 190 g/mol. The summed E-state index contributed by atoms with van der Waals surface area (Å²) in [5.74, 6) is 1.55. The van der Waals surface area contributed by atoms with Crippen LogP contribution in [0.4, 0.5) is 0 Å². The summed E-state index contributed by atoms with van der Waals surface area (Å²) in [6, 6.07) is 6.21. The number of nitrogens with one attached hydrogen (secondary N) is 1. The van der Waals surface area contributed by atoms with Gasteiger partial charge in [-0.1, -0.05) is 13.0 Å². The minimum absolute atomic E-state index is 0.723. The fourth-order valence-electron chi connectivity index (χ4n) is 1.89. The van der Waals surface area contributed by atoms with E-state index in [0.29, 0.717) is 0 Å². The number of pyridine rings is 1. The topological polar surface area (TPSA) is 24.9 Å². The third kappa shape index (κ3) is 2.32. The molecule has 0 amide bonds. The molecule has 1 aliphatic rings. The van der Waals surface area contributed by atoms with E-state index in [1.165, 1.54) is 18.5 Å². The summed E-state index contributed by atoms with van der Waals surface area (Å²) < 4.78 is 0. The maximum atomic E-state index is 4.39. The Bertz CT molecular complexity index is 271. The zero-order valence-corrected chi connectivity index (χ0v) is 8.74. The summed E-state index contributed by atoms with van der Waals surface area (Å²) in [6.07, 6.45) is 4.43. The van der Waals surface area contributed by atoms with E-state index in [9.17, 15) is 0 Å². The van der Waals surface area contributed by atoms with Crippen LogP contribution in [0.25, 0.3) is 0 Å². The zero-order chi connectivity index (χ0) is 9.80. The summed E-state index contributed by atoms with van der Waals surface area (Å²) in [5, 5.41) is 3.47. The molecule has 0 radical (unpaired) electrons. The van der Waals surface area contributed by atoms with Gasteiger partial charge < -0.3 is 5.32 Å². The van der Waals surface area contributed by atoms with E-state index in [1.807, 2.05) is 12.3 Å². The number of rotatable bonds is 5. The molecule has 76 valence electrons. The van der Waals surface area contributed by atoms with Gasteiger partial charge in [0, 0.05) is 17.8 Å². The Morgan fingerprint density at radius 1 is 1.50 bits per heavy atom. The maximum absolute atomic E-state index is 4.39. The van der Waals surface area contributed by atoms with Gasteiger partial charge >= 0.3 is 0 Å². The molecule has 1 fully saturated rings. The largest absolute Gasteiger partial charge is 0.316 e. The van der Waals surface area contributed by atoms with E-state index in [1.54, 1.807) is 0 Å². The number of aromatic nitrogens is 1. The molecule has 2 rings (SSSR count). The van der Waals surface area contributed by atoms with Crippen LogP contribution in [0.15, 0.2) is 24.4 Å². The molecular weight excluding hydrogens is 172 g/mol. The molecule has 2 atom stereocenters. The fraction of sp³-hybridized carbons (Fsp3) is 0.583. The summed E-state index contributed by atoms with van der Waals surface area (Å²) >= 11 is 0. The van der Waals surface area contributed by atoms with Gasteiger partial charge in [-0.15, -0.1) is 0 Å². The Morgan fingerprint density at radius 3 is 3.14 bits per heavy atom. The molecule has 14 heavy (non-hydrogen) atoms. The lowest BCUT2D eigenvalue weighted by molar-refractivity contribution is 0.618. The van der Waals surface area contributed by atoms with Crippen molar-refractivity contribution in [2.24, 2.45) is 5.92 Å². The van der Waals surface area contributed by atoms with Gasteiger partial charge in [0.05, 0.1) is 0 Å². The molecule has 0 saturated heterocycles. The van der Waals surface area contributed by atoms with Crippen molar-refractivity contribution >= 4 is 0 Å². The molecule has 1 aromatic rings. The van der Waals surface area contributed by atoms with Crippen LogP contribution in [0, 0.1) is 5.92 Å². The van der Waals surface area contributed by atoms with E-state index in [4.69, 9.17) is 0 Å². The third-order valence-corrected chi connectivity index (χ3v) is 2.82. The van der Waals surface area contributed by atoms with Crippen LogP contribution < -0.4 is 5.32 Å². The lowest BCUT2D eigenvalue weighted by Gasteiger charge is -2.01. The molecule has 2 unspecified atom stereocenters. The van der Waals surface area contributed by atoms with Crippen LogP contribution >= 0.6 is 0 Å². The molecular formula is C12H18N2. The van der Waals surface area contributed by atoms with Crippen molar-refractivity contribution in [2.45, 2.75) is 25.7 Å². The van der Waals surface area contributed by atoms with Crippen molar-refractivity contribution in [2.75, 3.05) is 13.1 Å². The minimum Gasteiger partial charge on any atom is -0.316 e. The molecule has 0 bridgehead atoms. The van der Waals surface area contributed by atoms with Gasteiger partial charge in [0.25, 0.3) is 0 Å². The number of hydrogen-bond acceptors (Lipinski definition) is 2. The summed E-state index contributed by atoms with van der Waals surface area (Å²) in [6.45, 7) is 4.51. The Kier molecular flexibility index (Phi) is 3.14. The first kappa shape index (κ1) is 9.66. The van der Waals surface area contributed by atoms with Crippen LogP contribution in [0.2, 0.25) is 0 Å².